The SMILES string of the molecule is COC(=O)c1cncnc1NCCCN1CCCC1. The Balaban J connectivity index is 1.80. The van der Waals surface area contributed by atoms with E-state index in [2.05, 4.69) is 20.2 Å². The fourth-order valence-electron chi connectivity index (χ4n) is 2.25. The number of anilines is 1. The smallest absolute Gasteiger partial charge is 0.343 e. The second kappa shape index (κ2) is 7.04. The van der Waals surface area contributed by atoms with Crippen molar-refractivity contribution in [1.29, 1.82) is 0 Å². The van der Waals surface area contributed by atoms with Crippen molar-refractivity contribution in [3.8, 4) is 0 Å². The normalized spacial score (nSPS) is 15.4. The molecule has 1 N–H and O–H groups in total. The zero-order valence-corrected chi connectivity index (χ0v) is 11.3. The van der Waals surface area contributed by atoms with Crippen LogP contribution in [0.3, 0.4) is 0 Å². The van der Waals surface area contributed by atoms with E-state index >= 15 is 0 Å². The predicted octanol–water partition coefficient (Wildman–Crippen LogP) is 1.16. The van der Waals surface area contributed by atoms with Crippen molar-refractivity contribution in [3.05, 3.63) is 18.1 Å². The summed E-state index contributed by atoms with van der Waals surface area (Å²) >= 11 is 0. The van der Waals surface area contributed by atoms with Crippen LogP contribution < -0.4 is 5.32 Å². The number of carbonyl (C=O) groups excluding carboxylic acids is 1. The summed E-state index contributed by atoms with van der Waals surface area (Å²) < 4.78 is 4.70. The maximum atomic E-state index is 11.5. The van der Waals surface area contributed by atoms with Gasteiger partial charge in [0.2, 0.25) is 0 Å². The monoisotopic (exact) mass is 264 g/mol. The summed E-state index contributed by atoms with van der Waals surface area (Å²) in [5.41, 5.74) is 0.381. The van der Waals surface area contributed by atoms with Crippen molar-refractivity contribution in [3.63, 3.8) is 0 Å². The summed E-state index contributed by atoms with van der Waals surface area (Å²) in [4.78, 5) is 21.9. The summed E-state index contributed by atoms with van der Waals surface area (Å²) in [7, 11) is 1.35. The largest absolute Gasteiger partial charge is 0.465 e. The third-order valence-corrected chi connectivity index (χ3v) is 3.26. The van der Waals surface area contributed by atoms with Gasteiger partial charge in [-0.1, -0.05) is 0 Å². The van der Waals surface area contributed by atoms with Crippen LogP contribution in [0.15, 0.2) is 12.5 Å². The highest BCUT2D eigenvalue weighted by atomic mass is 16.5. The van der Waals surface area contributed by atoms with Crippen molar-refractivity contribution >= 4 is 11.8 Å². The van der Waals surface area contributed by atoms with Crippen LogP contribution in [0.25, 0.3) is 0 Å². The third-order valence-electron chi connectivity index (χ3n) is 3.26. The van der Waals surface area contributed by atoms with Gasteiger partial charge in [0, 0.05) is 12.7 Å². The van der Waals surface area contributed by atoms with Crippen molar-refractivity contribution in [2.45, 2.75) is 19.3 Å². The summed E-state index contributed by atoms with van der Waals surface area (Å²) in [6.45, 7) is 4.30. The van der Waals surface area contributed by atoms with E-state index in [9.17, 15) is 4.79 Å². The molecule has 2 heterocycles. The van der Waals surface area contributed by atoms with Crippen LogP contribution in [-0.2, 0) is 4.74 Å². The Kier molecular flexibility index (Phi) is 5.09. The molecular weight excluding hydrogens is 244 g/mol. The van der Waals surface area contributed by atoms with Gasteiger partial charge in [-0.05, 0) is 38.9 Å². The number of ether oxygens (including phenoxy) is 1. The standard InChI is InChI=1S/C13H20N4O2/c1-19-13(18)11-9-14-10-16-12(11)15-5-4-8-17-6-2-3-7-17/h9-10H,2-8H2,1H3,(H,14,15,16). The van der Waals surface area contributed by atoms with E-state index in [0.717, 1.165) is 19.5 Å². The van der Waals surface area contributed by atoms with Gasteiger partial charge < -0.3 is 15.0 Å². The lowest BCUT2D eigenvalue weighted by Gasteiger charge is -2.14. The second-order valence-electron chi connectivity index (χ2n) is 4.61. The highest BCUT2D eigenvalue weighted by molar-refractivity contribution is 5.94. The first kappa shape index (κ1) is 13.7. The lowest BCUT2D eigenvalue weighted by Crippen LogP contribution is -2.22. The molecule has 1 aliphatic heterocycles. The molecule has 1 aromatic rings. The number of hydrogen-bond donors (Lipinski definition) is 1. The number of esters is 1. The predicted molar refractivity (Wildman–Crippen MR) is 72.2 cm³/mol. The molecule has 0 radical (unpaired) electrons. The number of hydrogen-bond acceptors (Lipinski definition) is 6. The average molecular weight is 264 g/mol. The number of nitrogens with zero attached hydrogens (tertiary/aromatic N) is 3. The van der Waals surface area contributed by atoms with E-state index < -0.39 is 5.97 Å². The van der Waals surface area contributed by atoms with Crippen molar-refractivity contribution < 1.29 is 9.53 Å². The molecule has 0 saturated carbocycles. The quantitative estimate of drug-likeness (QED) is 0.614. The topological polar surface area (TPSA) is 67.3 Å². The second-order valence-corrected chi connectivity index (χ2v) is 4.61. The van der Waals surface area contributed by atoms with E-state index in [1.165, 1.54) is 45.6 Å². The molecule has 0 unspecified atom stereocenters. The Morgan fingerprint density at radius 2 is 2.26 bits per heavy atom. The molecule has 1 aliphatic rings. The van der Waals surface area contributed by atoms with E-state index in [1.807, 2.05) is 0 Å². The van der Waals surface area contributed by atoms with Gasteiger partial charge in [-0.25, -0.2) is 14.8 Å². The molecule has 1 saturated heterocycles. The van der Waals surface area contributed by atoms with E-state index in [0.29, 0.717) is 11.4 Å². The number of aromatic nitrogens is 2. The van der Waals surface area contributed by atoms with Gasteiger partial charge in [0.25, 0.3) is 0 Å². The molecule has 104 valence electrons. The minimum Gasteiger partial charge on any atom is -0.465 e. The molecule has 6 nitrogen and oxygen atoms in total. The maximum Gasteiger partial charge on any atom is 0.343 e. The van der Waals surface area contributed by atoms with Gasteiger partial charge in [-0.15, -0.1) is 0 Å². The minimum atomic E-state index is -0.414. The first-order valence-electron chi connectivity index (χ1n) is 6.66. The lowest BCUT2D eigenvalue weighted by molar-refractivity contribution is 0.0601. The van der Waals surface area contributed by atoms with Gasteiger partial charge in [-0.2, -0.15) is 0 Å². The average Bonchev–Trinajstić information content (AvgIpc) is 2.96. The zero-order valence-electron chi connectivity index (χ0n) is 11.3. The number of methoxy groups -OCH3 is 1. The molecule has 0 aliphatic carbocycles. The Bertz CT molecular complexity index is 419. The highest BCUT2D eigenvalue weighted by Crippen LogP contribution is 2.12. The van der Waals surface area contributed by atoms with Crippen molar-refractivity contribution in [2.24, 2.45) is 0 Å². The molecule has 2 rings (SSSR count). The number of rotatable bonds is 6. The molecule has 0 aromatic carbocycles. The number of likely N-dealkylation sites (tertiary alicyclic amines) is 1. The van der Waals surface area contributed by atoms with Gasteiger partial charge in [-0.3, -0.25) is 0 Å². The van der Waals surface area contributed by atoms with Crippen LogP contribution in [0.5, 0.6) is 0 Å². The molecule has 0 amide bonds. The highest BCUT2D eigenvalue weighted by Gasteiger charge is 2.13. The Morgan fingerprint density at radius 3 is 3.00 bits per heavy atom. The molecule has 1 fully saturated rings. The molecule has 0 bridgehead atoms. The van der Waals surface area contributed by atoms with Crippen LogP contribution in [0, 0.1) is 0 Å². The Labute approximate surface area is 113 Å². The van der Waals surface area contributed by atoms with Crippen LogP contribution in [0.2, 0.25) is 0 Å². The van der Waals surface area contributed by atoms with Gasteiger partial charge in [0.05, 0.1) is 7.11 Å². The van der Waals surface area contributed by atoms with Crippen LogP contribution in [0.1, 0.15) is 29.6 Å². The van der Waals surface area contributed by atoms with Crippen LogP contribution >= 0.6 is 0 Å². The number of nitrogens with one attached hydrogen (secondary N) is 1. The first-order valence-corrected chi connectivity index (χ1v) is 6.66. The third kappa shape index (κ3) is 3.89. The molecule has 1 aromatic heterocycles. The van der Waals surface area contributed by atoms with Gasteiger partial charge in [0.15, 0.2) is 0 Å². The lowest BCUT2D eigenvalue weighted by atomic mass is 10.3. The van der Waals surface area contributed by atoms with Gasteiger partial charge in [0.1, 0.15) is 17.7 Å². The molecular formula is C13H20N4O2. The van der Waals surface area contributed by atoms with Gasteiger partial charge >= 0.3 is 5.97 Å². The van der Waals surface area contributed by atoms with E-state index in [-0.39, 0.29) is 0 Å². The van der Waals surface area contributed by atoms with E-state index in [4.69, 9.17) is 4.74 Å². The Hall–Kier alpha value is -1.69. The summed E-state index contributed by atoms with van der Waals surface area (Å²) in [5.74, 6) is 0.130. The van der Waals surface area contributed by atoms with E-state index in [1.54, 1.807) is 0 Å². The molecule has 0 spiro atoms. The fraction of sp³-hybridized carbons (Fsp3) is 0.615. The fourth-order valence-corrected chi connectivity index (χ4v) is 2.25. The number of carbonyl (C=O) groups is 1. The maximum absolute atomic E-state index is 11.5. The summed E-state index contributed by atoms with van der Waals surface area (Å²) in [6.07, 6.45) is 6.55. The van der Waals surface area contributed by atoms with Crippen LogP contribution in [0.4, 0.5) is 5.82 Å². The molecule has 19 heavy (non-hydrogen) atoms. The van der Waals surface area contributed by atoms with Crippen molar-refractivity contribution in [2.75, 3.05) is 38.6 Å². The first-order chi connectivity index (χ1) is 9.31. The Morgan fingerprint density at radius 1 is 1.47 bits per heavy atom. The molecule has 6 heteroatoms. The van der Waals surface area contributed by atoms with Crippen molar-refractivity contribution in [1.82, 2.24) is 14.9 Å². The van der Waals surface area contributed by atoms with Crippen LogP contribution in [-0.4, -0.2) is 54.1 Å². The summed E-state index contributed by atoms with van der Waals surface area (Å²) in [6, 6.07) is 0. The zero-order chi connectivity index (χ0) is 13.5. The summed E-state index contributed by atoms with van der Waals surface area (Å²) in [5, 5.41) is 3.17. The molecule has 0 atom stereocenters. The minimum absolute atomic E-state index is 0.381.